The lowest BCUT2D eigenvalue weighted by Gasteiger charge is -2.30. The van der Waals surface area contributed by atoms with Gasteiger partial charge >= 0.3 is 6.16 Å². The minimum Gasteiger partial charge on any atom is -0.430 e. The maximum Gasteiger partial charge on any atom is 0.509 e. The molecular formula is C7H10O3. The molecule has 0 N–H and O–H groups in total. The highest BCUT2D eigenvalue weighted by Crippen LogP contribution is 2.24. The summed E-state index contributed by atoms with van der Waals surface area (Å²) in [6.45, 7) is 7.54. The van der Waals surface area contributed by atoms with Gasteiger partial charge in [0, 0.05) is 5.57 Å². The van der Waals surface area contributed by atoms with Crippen molar-refractivity contribution in [3.63, 3.8) is 0 Å². The topological polar surface area (TPSA) is 35.5 Å². The molecular weight excluding hydrogens is 132 g/mol. The van der Waals surface area contributed by atoms with E-state index in [9.17, 15) is 4.79 Å². The van der Waals surface area contributed by atoms with E-state index in [2.05, 4.69) is 11.3 Å². The molecule has 1 aliphatic heterocycles. The molecule has 1 aliphatic rings. The number of carbonyl (C=O) groups is 1. The Morgan fingerprint density at radius 2 is 2.20 bits per heavy atom. The molecule has 0 saturated carbocycles. The highest BCUT2D eigenvalue weighted by Gasteiger charge is 2.32. The fourth-order valence-corrected chi connectivity index (χ4v) is 0.630. The third-order valence-corrected chi connectivity index (χ3v) is 1.55. The zero-order valence-corrected chi connectivity index (χ0v) is 6.14. The molecule has 0 aliphatic carbocycles. The van der Waals surface area contributed by atoms with Crippen LogP contribution in [0.4, 0.5) is 4.79 Å². The first-order chi connectivity index (χ1) is 4.52. The normalized spacial score (nSPS) is 23.4. The lowest BCUT2D eigenvalue weighted by atomic mass is 10.00. The summed E-state index contributed by atoms with van der Waals surface area (Å²) in [5.74, 6) is 0. The first kappa shape index (κ1) is 7.12. The van der Waals surface area contributed by atoms with Crippen LogP contribution in [0.3, 0.4) is 0 Å². The molecule has 1 heterocycles. The highest BCUT2D eigenvalue weighted by atomic mass is 16.7. The Bertz CT molecular complexity index is 181. The van der Waals surface area contributed by atoms with Crippen molar-refractivity contribution in [2.24, 2.45) is 0 Å². The Hall–Kier alpha value is -0.990. The van der Waals surface area contributed by atoms with Crippen LogP contribution in [0, 0.1) is 0 Å². The highest BCUT2D eigenvalue weighted by molar-refractivity contribution is 5.62. The van der Waals surface area contributed by atoms with Gasteiger partial charge in [0.05, 0.1) is 0 Å². The third kappa shape index (κ3) is 1.12. The van der Waals surface area contributed by atoms with Crippen molar-refractivity contribution in [1.29, 1.82) is 0 Å². The summed E-state index contributed by atoms with van der Waals surface area (Å²) in [6.07, 6.45) is -0.614. The van der Waals surface area contributed by atoms with Crippen molar-refractivity contribution in [3.8, 4) is 0 Å². The maximum absolute atomic E-state index is 10.5. The van der Waals surface area contributed by atoms with E-state index in [1.165, 1.54) is 0 Å². The van der Waals surface area contributed by atoms with E-state index in [1.54, 1.807) is 13.8 Å². The predicted octanol–water partition coefficient (Wildman–Crippen LogP) is 1.49. The first-order valence-electron chi connectivity index (χ1n) is 3.06. The van der Waals surface area contributed by atoms with Crippen LogP contribution in [0.15, 0.2) is 12.2 Å². The van der Waals surface area contributed by atoms with Crippen LogP contribution in [-0.4, -0.2) is 18.4 Å². The summed E-state index contributed by atoms with van der Waals surface area (Å²) in [4.78, 5) is 10.5. The fourth-order valence-electron chi connectivity index (χ4n) is 0.630. The maximum atomic E-state index is 10.5. The van der Waals surface area contributed by atoms with Crippen molar-refractivity contribution in [2.75, 3.05) is 6.61 Å². The monoisotopic (exact) mass is 142 g/mol. The molecule has 1 fully saturated rings. The van der Waals surface area contributed by atoms with Crippen LogP contribution in [0.2, 0.25) is 0 Å². The predicted molar refractivity (Wildman–Crippen MR) is 35.7 cm³/mol. The van der Waals surface area contributed by atoms with Gasteiger partial charge in [-0.25, -0.2) is 4.79 Å². The van der Waals surface area contributed by atoms with Gasteiger partial charge in [-0.05, 0) is 13.8 Å². The summed E-state index contributed by atoms with van der Waals surface area (Å²) in [6, 6.07) is 0. The number of hydrogen-bond donors (Lipinski definition) is 0. The second-order valence-electron chi connectivity index (χ2n) is 2.75. The van der Waals surface area contributed by atoms with E-state index >= 15 is 0 Å². The molecule has 3 nitrogen and oxygen atoms in total. The van der Waals surface area contributed by atoms with Gasteiger partial charge in [0.1, 0.15) is 12.2 Å². The van der Waals surface area contributed by atoms with Crippen LogP contribution in [0.5, 0.6) is 0 Å². The van der Waals surface area contributed by atoms with Gasteiger partial charge in [-0.15, -0.1) is 0 Å². The summed E-state index contributed by atoms with van der Waals surface area (Å²) in [5, 5.41) is 0. The van der Waals surface area contributed by atoms with Gasteiger partial charge in [-0.2, -0.15) is 0 Å². The smallest absolute Gasteiger partial charge is 0.430 e. The molecule has 0 unspecified atom stereocenters. The van der Waals surface area contributed by atoms with Crippen LogP contribution < -0.4 is 0 Å². The van der Waals surface area contributed by atoms with E-state index in [-0.39, 0.29) is 6.61 Å². The Morgan fingerprint density at radius 1 is 1.60 bits per heavy atom. The molecule has 10 heavy (non-hydrogen) atoms. The molecule has 1 rings (SSSR count). The van der Waals surface area contributed by atoms with E-state index < -0.39 is 11.8 Å². The number of ether oxygens (including phenoxy) is 2. The van der Waals surface area contributed by atoms with E-state index in [0.29, 0.717) is 0 Å². The second-order valence-corrected chi connectivity index (χ2v) is 2.75. The van der Waals surface area contributed by atoms with Crippen molar-refractivity contribution < 1.29 is 14.3 Å². The standard InChI is InChI=1S/C7H10O3/c1-5-4-9-6(8)10-7(5,2)3/h1,4H2,2-3H3. The Kier molecular flexibility index (Phi) is 1.43. The van der Waals surface area contributed by atoms with Gasteiger partial charge in [-0.3, -0.25) is 0 Å². The Balaban J connectivity index is 2.73. The van der Waals surface area contributed by atoms with Gasteiger partial charge in [-0.1, -0.05) is 6.58 Å². The SMILES string of the molecule is C=C1COC(=O)OC1(C)C. The van der Waals surface area contributed by atoms with Crippen molar-refractivity contribution in [3.05, 3.63) is 12.2 Å². The number of carbonyl (C=O) groups excluding carboxylic acids is 1. The Labute approximate surface area is 59.6 Å². The van der Waals surface area contributed by atoms with Crippen LogP contribution >= 0.6 is 0 Å². The van der Waals surface area contributed by atoms with Crippen LogP contribution in [-0.2, 0) is 9.47 Å². The number of rotatable bonds is 0. The zero-order chi connectivity index (χ0) is 7.78. The van der Waals surface area contributed by atoms with Gasteiger partial charge in [0.25, 0.3) is 0 Å². The largest absolute Gasteiger partial charge is 0.509 e. The average molecular weight is 142 g/mol. The van der Waals surface area contributed by atoms with Crippen LogP contribution in [0.25, 0.3) is 0 Å². The van der Waals surface area contributed by atoms with Gasteiger partial charge in [0.2, 0.25) is 0 Å². The molecule has 0 spiro atoms. The molecule has 0 amide bonds. The quantitative estimate of drug-likeness (QED) is 0.379. The molecule has 0 atom stereocenters. The van der Waals surface area contributed by atoms with Gasteiger partial charge < -0.3 is 9.47 Å². The zero-order valence-electron chi connectivity index (χ0n) is 6.14. The fraction of sp³-hybridized carbons (Fsp3) is 0.571. The molecule has 56 valence electrons. The Morgan fingerprint density at radius 3 is 2.60 bits per heavy atom. The molecule has 0 radical (unpaired) electrons. The van der Waals surface area contributed by atoms with Crippen molar-refractivity contribution >= 4 is 6.16 Å². The summed E-state index contributed by atoms with van der Waals surface area (Å²) >= 11 is 0. The minimum absolute atomic E-state index is 0.270. The average Bonchev–Trinajstić information content (AvgIpc) is 1.78. The molecule has 0 aromatic heterocycles. The minimum atomic E-state index is -0.614. The van der Waals surface area contributed by atoms with Crippen LogP contribution in [0.1, 0.15) is 13.8 Å². The molecule has 0 aromatic carbocycles. The van der Waals surface area contributed by atoms with Crippen molar-refractivity contribution in [1.82, 2.24) is 0 Å². The van der Waals surface area contributed by atoms with Crippen molar-refractivity contribution in [2.45, 2.75) is 19.4 Å². The second kappa shape index (κ2) is 2.01. The molecule has 3 heteroatoms. The molecule has 0 aromatic rings. The summed E-state index contributed by atoms with van der Waals surface area (Å²) in [7, 11) is 0. The summed E-state index contributed by atoms with van der Waals surface area (Å²) < 4.78 is 9.39. The number of cyclic esters (lactones) is 2. The van der Waals surface area contributed by atoms with Gasteiger partial charge in [0.15, 0.2) is 0 Å². The van der Waals surface area contributed by atoms with E-state index in [0.717, 1.165) is 5.57 Å². The third-order valence-electron chi connectivity index (χ3n) is 1.55. The first-order valence-corrected chi connectivity index (χ1v) is 3.06. The summed E-state index contributed by atoms with van der Waals surface area (Å²) in [5.41, 5.74) is 0.224. The molecule has 0 bridgehead atoms. The van der Waals surface area contributed by atoms with E-state index in [4.69, 9.17) is 4.74 Å². The van der Waals surface area contributed by atoms with E-state index in [1.807, 2.05) is 0 Å². The lowest BCUT2D eigenvalue weighted by Crippen LogP contribution is -2.37. The number of hydrogen-bond acceptors (Lipinski definition) is 3. The lowest BCUT2D eigenvalue weighted by molar-refractivity contribution is -0.0289. The molecule has 1 saturated heterocycles.